The molecule has 0 aliphatic heterocycles. The minimum atomic E-state index is 0.513. The molecule has 0 aliphatic carbocycles. The number of hydrogen-bond acceptors (Lipinski definition) is 1. The number of carbonyl (C=O) groups excluding carboxylic acids is 1. The minimum absolute atomic E-state index is 0.513. The zero-order chi connectivity index (χ0) is 23.4. The monoisotopic (exact) mass is 448 g/mol. The number of ketones is 1. The summed E-state index contributed by atoms with van der Waals surface area (Å²) in [6, 6.07) is 0. The van der Waals surface area contributed by atoms with Crippen molar-refractivity contribution >= 4 is 5.78 Å². The van der Waals surface area contributed by atoms with E-state index in [1.807, 2.05) is 0 Å². The van der Waals surface area contributed by atoms with Crippen LogP contribution in [0, 0.1) is 0 Å². The fraction of sp³-hybridized carbons (Fsp3) is 0.903. The first-order valence-corrected chi connectivity index (χ1v) is 15.0. The predicted molar refractivity (Wildman–Crippen MR) is 146 cm³/mol. The number of rotatable bonds is 27. The maximum absolute atomic E-state index is 12.0. The van der Waals surface area contributed by atoms with Crippen LogP contribution in [-0.4, -0.2) is 5.78 Å². The lowest BCUT2D eigenvalue weighted by Crippen LogP contribution is -1.97. The predicted octanol–water partition coefficient (Wildman–Crippen LogP) is 11.3. The number of unbranched alkanes of at least 4 members (excludes halogenated alkanes) is 21. The Morgan fingerprint density at radius 2 is 0.688 bits per heavy atom. The zero-order valence-electron chi connectivity index (χ0n) is 22.4. The van der Waals surface area contributed by atoms with Crippen molar-refractivity contribution in [3.8, 4) is 0 Å². The van der Waals surface area contributed by atoms with E-state index in [4.69, 9.17) is 0 Å². The molecular weight excluding hydrogens is 388 g/mol. The van der Waals surface area contributed by atoms with Crippen molar-refractivity contribution in [1.82, 2.24) is 0 Å². The van der Waals surface area contributed by atoms with Gasteiger partial charge in [0.1, 0.15) is 5.78 Å². The Morgan fingerprint density at radius 1 is 0.406 bits per heavy atom. The zero-order valence-corrected chi connectivity index (χ0v) is 22.4. The molecule has 190 valence electrons. The van der Waals surface area contributed by atoms with Gasteiger partial charge in [0, 0.05) is 12.8 Å². The molecule has 0 fully saturated rings. The lowest BCUT2D eigenvalue weighted by molar-refractivity contribution is -0.119. The SMILES string of the molecule is CCCCCCCC/C=C\CCCCCCCC(=O)CCCCCCCCCCCCC. The molecular formula is C31H60O. The van der Waals surface area contributed by atoms with E-state index in [2.05, 4.69) is 26.0 Å². The fourth-order valence-electron chi connectivity index (χ4n) is 4.50. The first-order valence-electron chi connectivity index (χ1n) is 15.0. The van der Waals surface area contributed by atoms with E-state index in [1.54, 1.807) is 0 Å². The van der Waals surface area contributed by atoms with Gasteiger partial charge in [-0.15, -0.1) is 0 Å². The second kappa shape index (κ2) is 28.4. The first-order chi connectivity index (χ1) is 15.8. The van der Waals surface area contributed by atoms with Crippen LogP contribution >= 0.6 is 0 Å². The molecule has 0 unspecified atom stereocenters. The molecule has 0 radical (unpaired) electrons. The average molecular weight is 449 g/mol. The van der Waals surface area contributed by atoms with Gasteiger partial charge in [-0.2, -0.15) is 0 Å². The van der Waals surface area contributed by atoms with Gasteiger partial charge in [-0.05, 0) is 38.5 Å². The Bertz CT molecular complexity index is 384. The molecule has 0 aromatic heterocycles. The van der Waals surface area contributed by atoms with E-state index >= 15 is 0 Å². The van der Waals surface area contributed by atoms with Crippen molar-refractivity contribution in [2.75, 3.05) is 0 Å². The third-order valence-corrected chi connectivity index (χ3v) is 6.78. The van der Waals surface area contributed by atoms with E-state index in [0.717, 1.165) is 25.7 Å². The number of carbonyl (C=O) groups is 1. The molecule has 0 amide bonds. The van der Waals surface area contributed by atoms with Crippen molar-refractivity contribution < 1.29 is 4.79 Å². The van der Waals surface area contributed by atoms with Crippen LogP contribution < -0.4 is 0 Å². The Hall–Kier alpha value is -0.590. The minimum Gasteiger partial charge on any atom is -0.300 e. The van der Waals surface area contributed by atoms with Gasteiger partial charge in [-0.25, -0.2) is 0 Å². The summed E-state index contributed by atoms with van der Waals surface area (Å²) < 4.78 is 0. The molecule has 0 bridgehead atoms. The van der Waals surface area contributed by atoms with Crippen LogP contribution in [0.2, 0.25) is 0 Å². The molecule has 0 rings (SSSR count). The van der Waals surface area contributed by atoms with Gasteiger partial charge >= 0.3 is 0 Å². The van der Waals surface area contributed by atoms with Crippen LogP contribution in [0.25, 0.3) is 0 Å². The summed E-state index contributed by atoms with van der Waals surface area (Å²) in [5, 5.41) is 0. The van der Waals surface area contributed by atoms with Gasteiger partial charge in [0.25, 0.3) is 0 Å². The maximum atomic E-state index is 12.0. The molecule has 32 heavy (non-hydrogen) atoms. The van der Waals surface area contributed by atoms with Gasteiger partial charge < -0.3 is 0 Å². The van der Waals surface area contributed by atoms with Crippen molar-refractivity contribution in [1.29, 1.82) is 0 Å². The van der Waals surface area contributed by atoms with Crippen LogP contribution in [0.4, 0.5) is 0 Å². The highest BCUT2D eigenvalue weighted by atomic mass is 16.1. The third kappa shape index (κ3) is 27.4. The Balaban J connectivity index is 3.20. The molecule has 1 nitrogen and oxygen atoms in total. The van der Waals surface area contributed by atoms with Crippen molar-refractivity contribution in [2.45, 2.75) is 181 Å². The number of Topliss-reactive ketones (excluding diaryl/α,β-unsaturated/α-hetero) is 1. The summed E-state index contributed by atoms with van der Waals surface area (Å²) in [6.45, 7) is 4.56. The molecule has 0 aliphatic rings. The van der Waals surface area contributed by atoms with Gasteiger partial charge in [-0.1, -0.05) is 142 Å². The van der Waals surface area contributed by atoms with Gasteiger partial charge in [-0.3, -0.25) is 4.79 Å². The largest absolute Gasteiger partial charge is 0.300 e. The quantitative estimate of drug-likeness (QED) is 0.0901. The molecule has 0 atom stereocenters. The normalized spacial score (nSPS) is 11.6. The third-order valence-electron chi connectivity index (χ3n) is 6.78. The van der Waals surface area contributed by atoms with Gasteiger partial charge in [0.2, 0.25) is 0 Å². The van der Waals surface area contributed by atoms with E-state index in [0.29, 0.717) is 5.78 Å². The van der Waals surface area contributed by atoms with Gasteiger partial charge in [0.05, 0.1) is 0 Å². The maximum Gasteiger partial charge on any atom is 0.132 e. The average Bonchev–Trinajstić information content (AvgIpc) is 2.80. The summed E-state index contributed by atoms with van der Waals surface area (Å²) >= 11 is 0. The molecule has 1 heteroatoms. The number of allylic oxidation sites excluding steroid dienone is 2. The summed E-state index contributed by atoms with van der Waals surface area (Å²) in [5.74, 6) is 0.513. The van der Waals surface area contributed by atoms with E-state index < -0.39 is 0 Å². The topological polar surface area (TPSA) is 17.1 Å². The summed E-state index contributed by atoms with van der Waals surface area (Å²) in [4.78, 5) is 12.0. The van der Waals surface area contributed by atoms with Crippen LogP contribution in [-0.2, 0) is 4.79 Å². The van der Waals surface area contributed by atoms with E-state index in [1.165, 1.54) is 141 Å². The molecule has 0 spiro atoms. The summed E-state index contributed by atoms with van der Waals surface area (Å²) in [7, 11) is 0. The molecule has 0 N–H and O–H groups in total. The van der Waals surface area contributed by atoms with Crippen LogP contribution in [0.5, 0.6) is 0 Å². The highest BCUT2D eigenvalue weighted by Gasteiger charge is 2.02. The van der Waals surface area contributed by atoms with E-state index in [9.17, 15) is 4.79 Å². The van der Waals surface area contributed by atoms with Crippen LogP contribution in [0.3, 0.4) is 0 Å². The summed E-state index contributed by atoms with van der Waals surface area (Å²) in [5.41, 5.74) is 0. The molecule has 0 saturated heterocycles. The highest BCUT2D eigenvalue weighted by molar-refractivity contribution is 5.78. The van der Waals surface area contributed by atoms with Gasteiger partial charge in [0.15, 0.2) is 0 Å². The van der Waals surface area contributed by atoms with Crippen molar-refractivity contribution in [3.63, 3.8) is 0 Å². The number of hydrogen-bond donors (Lipinski definition) is 0. The second-order valence-corrected chi connectivity index (χ2v) is 10.2. The lowest BCUT2D eigenvalue weighted by atomic mass is 10.0. The summed E-state index contributed by atoms with van der Waals surface area (Å²) in [6.07, 6.45) is 38.6. The second-order valence-electron chi connectivity index (χ2n) is 10.2. The molecule has 0 aromatic rings. The van der Waals surface area contributed by atoms with Crippen molar-refractivity contribution in [3.05, 3.63) is 12.2 Å². The fourth-order valence-corrected chi connectivity index (χ4v) is 4.50. The lowest BCUT2D eigenvalue weighted by Gasteiger charge is -2.03. The Morgan fingerprint density at radius 3 is 1.03 bits per heavy atom. The Labute approximate surface area is 203 Å². The Kier molecular flexibility index (Phi) is 27.9. The smallest absolute Gasteiger partial charge is 0.132 e. The highest BCUT2D eigenvalue weighted by Crippen LogP contribution is 2.14. The van der Waals surface area contributed by atoms with Crippen molar-refractivity contribution in [2.24, 2.45) is 0 Å². The molecule has 0 aromatic carbocycles. The first kappa shape index (κ1) is 31.4. The van der Waals surface area contributed by atoms with Crippen LogP contribution in [0.1, 0.15) is 181 Å². The van der Waals surface area contributed by atoms with E-state index in [-0.39, 0.29) is 0 Å². The molecule has 0 saturated carbocycles. The standard InChI is InChI=1S/C31H60O/c1-3-5-7-9-11-13-15-16-17-18-20-22-24-26-28-30-31(32)29-27-25-23-21-19-14-12-10-8-6-4-2/h16-17H,3-15,18-30H2,1-2H3/b17-16-. The van der Waals surface area contributed by atoms with Crippen LogP contribution in [0.15, 0.2) is 12.2 Å². The molecule has 0 heterocycles.